The van der Waals surface area contributed by atoms with Gasteiger partial charge in [-0.25, -0.2) is 9.59 Å². The van der Waals surface area contributed by atoms with Crippen LogP contribution in [0.25, 0.3) is 10.9 Å². The summed E-state index contributed by atoms with van der Waals surface area (Å²) < 4.78 is 11.0. The Morgan fingerprint density at radius 1 is 1.23 bits per heavy atom. The second-order valence-corrected chi connectivity index (χ2v) is 7.53. The Kier molecular flexibility index (Phi) is 6.47. The number of nitrogens with zero attached hydrogens (tertiary/aromatic N) is 1. The number of H-pyrrole nitrogens is 1. The normalized spacial score (nSPS) is 17.1. The summed E-state index contributed by atoms with van der Waals surface area (Å²) in [5.41, 5.74) is 2.70. The summed E-state index contributed by atoms with van der Waals surface area (Å²) in [5, 5.41) is 14.0. The summed E-state index contributed by atoms with van der Waals surface area (Å²) >= 11 is 0. The van der Waals surface area contributed by atoms with Gasteiger partial charge in [-0.3, -0.25) is 10.4 Å². The lowest BCUT2D eigenvalue weighted by Crippen LogP contribution is -2.41. The van der Waals surface area contributed by atoms with Crippen LogP contribution in [0, 0.1) is 0 Å². The molecule has 0 aliphatic carbocycles. The number of rotatable bonds is 6. The minimum absolute atomic E-state index is 0.0340. The number of carbonyl (C=O) groups excluding carboxylic acids is 2. The number of esters is 1. The molecule has 2 aromatic carbocycles. The van der Waals surface area contributed by atoms with Crippen molar-refractivity contribution in [3.8, 4) is 0 Å². The van der Waals surface area contributed by atoms with Crippen LogP contribution in [0.1, 0.15) is 48.2 Å². The largest absolute Gasteiger partial charge is 0.462 e. The molecule has 1 amide bonds. The SMILES string of the molecule is CCOC(=O)c1cccc(C(OC(=O)Nc2ccc3[nH]ncc3c2)[C@@H]2CCCCN2)c1. The number of anilines is 1. The first-order chi connectivity index (χ1) is 15.1. The maximum absolute atomic E-state index is 12.8. The molecule has 0 bridgehead atoms. The van der Waals surface area contributed by atoms with E-state index in [2.05, 4.69) is 20.8 Å². The fraction of sp³-hybridized carbons (Fsp3) is 0.348. The van der Waals surface area contributed by atoms with Gasteiger partial charge in [0.15, 0.2) is 0 Å². The molecule has 1 saturated heterocycles. The molecule has 3 aromatic rings. The Morgan fingerprint density at radius 3 is 2.94 bits per heavy atom. The highest BCUT2D eigenvalue weighted by Gasteiger charge is 2.29. The van der Waals surface area contributed by atoms with E-state index in [0.29, 0.717) is 17.9 Å². The molecule has 1 fully saturated rings. The Labute approximate surface area is 180 Å². The van der Waals surface area contributed by atoms with E-state index in [4.69, 9.17) is 9.47 Å². The fourth-order valence-corrected chi connectivity index (χ4v) is 3.86. The Hall–Kier alpha value is -3.39. The van der Waals surface area contributed by atoms with E-state index in [1.54, 1.807) is 37.4 Å². The lowest BCUT2D eigenvalue weighted by atomic mass is 9.94. The zero-order valence-electron chi connectivity index (χ0n) is 17.4. The van der Waals surface area contributed by atoms with Gasteiger partial charge in [0.1, 0.15) is 6.10 Å². The predicted molar refractivity (Wildman–Crippen MR) is 117 cm³/mol. The van der Waals surface area contributed by atoms with Gasteiger partial charge in [0.2, 0.25) is 0 Å². The molecule has 8 nitrogen and oxygen atoms in total. The Balaban J connectivity index is 1.54. The molecule has 1 aromatic heterocycles. The predicted octanol–water partition coefficient (Wildman–Crippen LogP) is 4.17. The molecule has 31 heavy (non-hydrogen) atoms. The quantitative estimate of drug-likeness (QED) is 0.515. The lowest BCUT2D eigenvalue weighted by molar-refractivity contribution is 0.0525. The second kappa shape index (κ2) is 9.61. The molecule has 2 heterocycles. The van der Waals surface area contributed by atoms with Crippen LogP contribution in [0.2, 0.25) is 0 Å². The summed E-state index contributed by atoms with van der Waals surface area (Å²) in [6.07, 6.45) is 3.62. The summed E-state index contributed by atoms with van der Waals surface area (Å²) in [6.45, 7) is 2.93. The maximum atomic E-state index is 12.8. The van der Waals surface area contributed by atoms with Crippen molar-refractivity contribution in [3.63, 3.8) is 0 Å². The monoisotopic (exact) mass is 422 g/mol. The first-order valence-corrected chi connectivity index (χ1v) is 10.6. The van der Waals surface area contributed by atoms with Crippen LogP contribution >= 0.6 is 0 Å². The molecule has 2 atom stereocenters. The van der Waals surface area contributed by atoms with Gasteiger partial charge in [-0.05, 0) is 62.2 Å². The van der Waals surface area contributed by atoms with Gasteiger partial charge >= 0.3 is 12.1 Å². The summed E-state index contributed by atoms with van der Waals surface area (Å²) in [5.74, 6) is -0.391. The average Bonchev–Trinajstić information content (AvgIpc) is 3.26. The molecule has 0 radical (unpaired) electrons. The van der Waals surface area contributed by atoms with Gasteiger partial charge < -0.3 is 14.8 Å². The maximum Gasteiger partial charge on any atom is 0.412 e. The van der Waals surface area contributed by atoms with E-state index in [-0.39, 0.29) is 6.04 Å². The average molecular weight is 422 g/mol. The minimum Gasteiger partial charge on any atom is -0.462 e. The first-order valence-electron chi connectivity index (χ1n) is 10.6. The van der Waals surface area contributed by atoms with Gasteiger partial charge in [0.05, 0.1) is 23.9 Å². The zero-order chi connectivity index (χ0) is 21.6. The van der Waals surface area contributed by atoms with E-state index in [0.717, 1.165) is 42.3 Å². The molecule has 4 rings (SSSR count). The van der Waals surface area contributed by atoms with Crippen LogP contribution < -0.4 is 10.6 Å². The topological polar surface area (TPSA) is 105 Å². The van der Waals surface area contributed by atoms with E-state index in [1.165, 1.54) is 0 Å². The number of piperidine rings is 1. The zero-order valence-corrected chi connectivity index (χ0v) is 17.4. The van der Waals surface area contributed by atoms with E-state index >= 15 is 0 Å². The first kappa shape index (κ1) is 20.9. The van der Waals surface area contributed by atoms with E-state index in [9.17, 15) is 9.59 Å². The highest BCUT2D eigenvalue weighted by Crippen LogP contribution is 2.28. The summed E-state index contributed by atoms with van der Waals surface area (Å²) in [7, 11) is 0. The van der Waals surface area contributed by atoms with Gasteiger partial charge in [0, 0.05) is 17.1 Å². The van der Waals surface area contributed by atoms with Gasteiger partial charge in [-0.2, -0.15) is 5.10 Å². The number of carbonyl (C=O) groups is 2. The third-order valence-electron chi connectivity index (χ3n) is 5.36. The molecule has 0 saturated carbocycles. The number of aromatic nitrogens is 2. The number of hydrogen-bond acceptors (Lipinski definition) is 6. The third-order valence-corrected chi connectivity index (χ3v) is 5.36. The van der Waals surface area contributed by atoms with Crippen molar-refractivity contribution in [2.75, 3.05) is 18.5 Å². The lowest BCUT2D eigenvalue weighted by Gasteiger charge is -2.31. The van der Waals surface area contributed by atoms with Crippen molar-refractivity contribution in [1.29, 1.82) is 0 Å². The smallest absolute Gasteiger partial charge is 0.412 e. The number of nitrogens with one attached hydrogen (secondary N) is 3. The molecule has 1 unspecified atom stereocenters. The third kappa shape index (κ3) is 5.03. The van der Waals surface area contributed by atoms with E-state index < -0.39 is 18.2 Å². The van der Waals surface area contributed by atoms with Gasteiger partial charge in [-0.15, -0.1) is 0 Å². The molecule has 1 aliphatic rings. The van der Waals surface area contributed by atoms with Gasteiger partial charge in [-0.1, -0.05) is 18.6 Å². The fourth-order valence-electron chi connectivity index (χ4n) is 3.86. The van der Waals surface area contributed by atoms with Crippen molar-refractivity contribution >= 4 is 28.7 Å². The second-order valence-electron chi connectivity index (χ2n) is 7.53. The standard InChI is InChI=1S/C23H26N4O4/c1-2-30-22(28)16-7-5-6-15(12-16)21(20-8-3-4-11-24-20)31-23(29)26-18-9-10-19-17(13-18)14-25-27-19/h5-7,9-10,12-14,20-21,24H,2-4,8,11H2,1H3,(H,25,27)(H,26,29)/t20-,21?/m0/s1. The van der Waals surface area contributed by atoms with Crippen LogP contribution in [0.15, 0.2) is 48.7 Å². The number of amides is 1. The van der Waals surface area contributed by atoms with Crippen molar-refractivity contribution < 1.29 is 19.1 Å². The van der Waals surface area contributed by atoms with E-state index in [1.807, 2.05) is 18.2 Å². The summed E-state index contributed by atoms with van der Waals surface area (Å²) in [6, 6.07) is 12.5. The Morgan fingerprint density at radius 2 is 2.13 bits per heavy atom. The van der Waals surface area contributed by atoms with Crippen molar-refractivity contribution in [1.82, 2.24) is 15.5 Å². The van der Waals surface area contributed by atoms with Crippen LogP contribution in [0.4, 0.5) is 10.5 Å². The molecule has 1 aliphatic heterocycles. The van der Waals surface area contributed by atoms with Crippen molar-refractivity contribution in [3.05, 3.63) is 59.8 Å². The molecule has 162 valence electrons. The van der Waals surface area contributed by atoms with Gasteiger partial charge in [0.25, 0.3) is 0 Å². The Bertz CT molecular complexity index is 1060. The molecule has 0 spiro atoms. The number of fused-ring (bicyclic) bond motifs is 1. The molecular weight excluding hydrogens is 396 g/mol. The summed E-state index contributed by atoms with van der Waals surface area (Å²) in [4.78, 5) is 24.9. The minimum atomic E-state index is -0.554. The molecule has 8 heteroatoms. The van der Waals surface area contributed by atoms with Crippen LogP contribution in [-0.4, -0.2) is 41.5 Å². The highest BCUT2D eigenvalue weighted by molar-refractivity contribution is 5.90. The van der Waals surface area contributed by atoms with Crippen molar-refractivity contribution in [2.24, 2.45) is 0 Å². The number of ether oxygens (including phenoxy) is 2. The number of aromatic amines is 1. The van der Waals surface area contributed by atoms with Crippen LogP contribution in [-0.2, 0) is 9.47 Å². The molecule has 3 N–H and O–H groups in total. The number of benzene rings is 2. The highest BCUT2D eigenvalue weighted by atomic mass is 16.6. The van der Waals surface area contributed by atoms with Crippen LogP contribution in [0.3, 0.4) is 0 Å². The van der Waals surface area contributed by atoms with Crippen LogP contribution in [0.5, 0.6) is 0 Å². The molecular formula is C23H26N4O4. The number of hydrogen-bond donors (Lipinski definition) is 3. The van der Waals surface area contributed by atoms with Crippen molar-refractivity contribution in [2.45, 2.75) is 38.3 Å².